The molecule has 0 saturated heterocycles. The Morgan fingerprint density at radius 1 is 1.05 bits per heavy atom. The van der Waals surface area contributed by atoms with E-state index in [0.717, 1.165) is 18.2 Å². The first-order valence-electron chi connectivity index (χ1n) is 4.85. The second kappa shape index (κ2) is 3.94. The van der Waals surface area contributed by atoms with Crippen molar-refractivity contribution in [3.05, 3.63) is 40.2 Å². The van der Waals surface area contributed by atoms with Crippen molar-refractivity contribution < 1.29 is 31.5 Å². The van der Waals surface area contributed by atoms with Gasteiger partial charge in [0, 0.05) is 23.1 Å². The van der Waals surface area contributed by atoms with Crippen molar-refractivity contribution in [2.24, 2.45) is 0 Å². The molecular weight excluding hydrogens is 275 g/mol. The fraction of sp³-hybridized carbons (Fsp3) is 0.182. The Labute approximate surface area is 101 Å². The first kappa shape index (κ1) is 13.3. The number of phenolic OH excluding ortho intramolecular Hbond substituents is 1. The van der Waals surface area contributed by atoms with Crippen molar-refractivity contribution in [1.82, 2.24) is 0 Å². The maximum atomic E-state index is 13.3. The predicted molar refractivity (Wildman–Crippen MR) is 54.1 cm³/mol. The minimum absolute atomic E-state index is 0.0901. The van der Waals surface area contributed by atoms with Gasteiger partial charge in [0.2, 0.25) is 0 Å². The SMILES string of the molecule is O=c1cc(C(F)(F)C(F)(F)F)c2ccc(O)cc2o1. The summed E-state index contributed by atoms with van der Waals surface area (Å²) in [6, 6.07) is 2.61. The number of benzene rings is 1. The first-order valence-corrected chi connectivity index (χ1v) is 4.85. The molecule has 0 aliphatic heterocycles. The minimum atomic E-state index is -5.84. The smallest absolute Gasteiger partial charge is 0.458 e. The molecule has 1 aromatic carbocycles. The van der Waals surface area contributed by atoms with E-state index in [2.05, 4.69) is 4.42 Å². The average Bonchev–Trinajstić information content (AvgIpc) is 2.25. The number of aromatic hydroxyl groups is 1. The molecule has 0 saturated carbocycles. The van der Waals surface area contributed by atoms with E-state index in [9.17, 15) is 26.7 Å². The number of hydrogen-bond donors (Lipinski definition) is 1. The number of alkyl halides is 5. The van der Waals surface area contributed by atoms with E-state index in [4.69, 9.17) is 5.11 Å². The summed E-state index contributed by atoms with van der Waals surface area (Å²) in [6.45, 7) is 0. The van der Waals surface area contributed by atoms with Crippen LogP contribution in [-0.2, 0) is 5.92 Å². The molecule has 2 aromatic rings. The van der Waals surface area contributed by atoms with E-state index in [-0.39, 0.29) is 6.07 Å². The fourth-order valence-electron chi connectivity index (χ4n) is 1.56. The van der Waals surface area contributed by atoms with Gasteiger partial charge in [-0.2, -0.15) is 22.0 Å². The van der Waals surface area contributed by atoms with E-state index >= 15 is 0 Å². The van der Waals surface area contributed by atoms with Gasteiger partial charge in [-0.25, -0.2) is 4.79 Å². The number of fused-ring (bicyclic) bond motifs is 1. The number of rotatable bonds is 1. The van der Waals surface area contributed by atoms with Crippen molar-refractivity contribution >= 4 is 11.0 Å². The lowest BCUT2D eigenvalue weighted by Gasteiger charge is -2.20. The molecule has 8 heteroatoms. The molecule has 3 nitrogen and oxygen atoms in total. The molecule has 0 aliphatic carbocycles. The van der Waals surface area contributed by atoms with Gasteiger partial charge in [0.15, 0.2) is 0 Å². The van der Waals surface area contributed by atoms with Crippen molar-refractivity contribution in [1.29, 1.82) is 0 Å². The van der Waals surface area contributed by atoms with Gasteiger partial charge in [-0.15, -0.1) is 0 Å². The molecule has 0 aliphatic rings. The zero-order valence-electron chi connectivity index (χ0n) is 8.96. The molecule has 1 N–H and O–H groups in total. The Balaban J connectivity index is 2.84. The molecule has 1 aromatic heterocycles. The van der Waals surface area contributed by atoms with Crippen molar-refractivity contribution in [3.8, 4) is 5.75 Å². The third kappa shape index (κ3) is 2.13. The summed E-state index contributed by atoms with van der Waals surface area (Å²) in [4.78, 5) is 11.0. The minimum Gasteiger partial charge on any atom is -0.508 e. The Morgan fingerprint density at radius 2 is 1.68 bits per heavy atom. The first-order chi connectivity index (χ1) is 8.63. The van der Waals surface area contributed by atoms with Crippen LogP contribution < -0.4 is 5.63 Å². The molecule has 0 unspecified atom stereocenters. The van der Waals surface area contributed by atoms with Gasteiger partial charge in [0.25, 0.3) is 0 Å². The van der Waals surface area contributed by atoms with Crippen LogP contribution in [0.3, 0.4) is 0 Å². The lowest BCUT2D eigenvalue weighted by molar-refractivity contribution is -0.288. The highest BCUT2D eigenvalue weighted by molar-refractivity contribution is 5.82. The van der Waals surface area contributed by atoms with Crippen LogP contribution in [0.2, 0.25) is 0 Å². The van der Waals surface area contributed by atoms with E-state index < -0.39 is 40.0 Å². The summed E-state index contributed by atoms with van der Waals surface area (Å²) in [5, 5.41) is 8.51. The molecule has 102 valence electrons. The summed E-state index contributed by atoms with van der Waals surface area (Å²) in [6.07, 6.45) is -5.84. The summed E-state index contributed by atoms with van der Waals surface area (Å²) >= 11 is 0. The van der Waals surface area contributed by atoms with Crippen LogP contribution in [0, 0.1) is 0 Å². The molecular formula is C11H5F5O3. The van der Waals surface area contributed by atoms with Gasteiger partial charge >= 0.3 is 17.7 Å². The van der Waals surface area contributed by atoms with Gasteiger partial charge in [-0.05, 0) is 12.1 Å². The van der Waals surface area contributed by atoms with E-state index in [1.165, 1.54) is 0 Å². The second-order valence-corrected chi connectivity index (χ2v) is 3.73. The lowest BCUT2D eigenvalue weighted by Crippen LogP contribution is -2.34. The van der Waals surface area contributed by atoms with Gasteiger partial charge in [0.1, 0.15) is 11.3 Å². The summed E-state index contributed by atoms with van der Waals surface area (Å²) in [5.41, 5.74) is -3.42. The molecule has 1 heterocycles. The topological polar surface area (TPSA) is 50.4 Å². The Hall–Kier alpha value is -2.12. The summed E-state index contributed by atoms with van der Waals surface area (Å²) < 4.78 is 68.1. The highest BCUT2D eigenvalue weighted by atomic mass is 19.4. The van der Waals surface area contributed by atoms with Crippen molar-refractivity contribution in [3.63, 3.8) is 0 Å². The number of phenols is 1. The molecule has 0 fully saturated rings. The predicted octanol–water partition coefficient (Wildman–Crippen LogP) is 3.15. The van der Waals surface area contributed by atoms with Gasteiger partial charge in [0.05, 0.1) is 0 Å². The third-order valence-electron chi connectivity index (χ3n) is 2.42. The molecule has 0 spiro atoms. The Kier molecular flexibility index (Phi) is 2.76. The summed E-state index contributed by atoms with van der Waals surface area (Å²) in [5.74, 6) is -5.62. The van der Waals surface area contributed by atoms with Gasteiger partial charge in [-0.1, -0.05) is 0 Å². The van der Waals surface area contributed by atoms with E-state index in [1.807, 2.05) is 0 Å². The van der Waals surface area contributed by atoms with Crippen molar-refractivity contribution in [2.75, 3.05) is 0 Å². The highest BCUT2D eigenvalue weighted by Crippen LogP contribution is 2.45. The Morgan fingerprint density at radius 3 is 2.26 bits per heavy atom. The van der Waals surface area contributed by atoms with Gasteiger partial charge < -0.3 is 9.52 Å². The van der Waals surface area contributed by atoms with Crippen LogP contribution >= 0.6 is 0 Å². The normalized spacial score (nSPS) is 12.9. The summed E-state index contributed by atoms with van der Waals surface area (Å²) in [7, 11) is 0. The average molecular weight is 280 g/mol. The Bertz CT molecular complexity index is 687. The number of halogens is 5. The second-order valence-electron chi connectivity index (χ2n) is 3.73. The largest absolute Gasteiger partial charge is 0.508 e. The lowest BCUT2D eigenvalue weighted by atomic mass is 10.0. The quantitative estimate of drug-likeness (QED) is 0.645. The van der Waals surface area contributed by atoms with Crippen LogP contribution in [0.4, 0.5) is 22.0 Å². The third-order valence-corrected chi connectivity index (χ3v) is 2.42. The molecule has 19 heavy (non-hydrogen) atoms. The van der Waals surface area contributed by atoms with Gasteiger partial charge in [-0.3, -0.25) is 0 Å². The standard InChI is InChI=1S/C11H5F5O3/c12-10(13,11(14,15)16)7-4-9(18)19-8-3-5(17)1-2-6(7)8/h1-4,17H. The number of hydrogen-bond acceptors (Lipinski definition) is 3. The monoisotopic (exact) mass is 280 g/mol. The van der Waals surface area contributed by atoms with E-state index in [1.54, 1.807) is 0 Å². The molecule has 0 atom stereocenters. The van der Waals surface area contributed by atoms with Crippen LogP contribution in [0.5, 0.6) is 5.75 Å². The fourth-order valence-corrected chi connectivity index (χ4v) is 1.56. The highest BCUT2D eigenvalue weighted by Gasteiger charge is 2.59. The van der Waals surface area contributed by atoms with Crippen LogP contribution in [-0.4, -0.2) is 11.3 Å². The molecule has 2 rings (SSSR count). The molecule has 0 amide bonds. The van der Waals surface area contributed by atoms with Crippen LogP contribution in [0.15, 0.2) is 33.5 Å². The van der Waals surface area contributed by atoms with Crippen LogP contribution in [0.25, 0.3) is 11.0 Å². The van der Waals surface area contributed by atoms with Crippen molar-refractivity contribution in [2.45, 2.75) is 12.1 Å². The van der Waals surface area contributed by atoms with Crippen LogP contribution in [0.1, 0.15) is 5.56 Å². The zero-order chi connectivity index (χ0) is 14.4. The molecule has 0 radical (unpaired) electrons. The molecule has 0 bridgehead atoms. The maximum absolute atomic E-state index is 13.3. The maximum Gasteiger partial charge on any atom is 0.458 e. The zero-order valence-corrected chi connectivity index (χ0v) is 8.96. The van der Waals surface area contributed by atoms with E-state index in [0.29, 0.717) is 0 Å².